The normalized spacial score (nSPS) is 14.3. The van der Waals surface area contributed by atoms with E-state index in [0.717, 1.165) is 43.2 Å². The molecule has 0 unspecified atom stereocenters. The molecule has 1 aliphatic rings. The van der Waals surface area contributed by atoms with Crippen LogP contribution >= 0.6 is 0 Å². The van der Waals surface area contributed by atoms with Crippen LogP contribution in [0, 0.1) is 0 Å². The van der Waals surface area contributed by atoms with Crippen molar-refractivity contribution in [1.29, 1.82) is 0 Å². The topological polar surface area (TPSA) is 42.0 Å². The zero-order valence-electron chi connectivity index (χ0n) is 14.8. The van der Waals surface area contributed by atoms with Gasteiger partial charge in [0.05, 0.1) is 20.6 Å². The number of hydrogen-bond donors (Lipinski definition) is 0. The van der Waals surface area contributed by atoms with Gasteiger partial charge in [-0.05, 0) is 30.3 Å². The molecule has 0 atom stereocenters. The van der Waals surface area contributed by atoms with E-state index in [4.69, 9.17) is 9.47 Å². The molecule has 132 valence electrons. The fourth-order valence-electron chi connectivity index (χ4n) is 3.15. The predicted molar refractivity (Wildman–Crippen MR) is 98.5 cm³/mol. The van der Waals surface area contributed by atoms with Gasteiger partial charge in [-0.3, -0.25) is 4.79 Å². The summed E-state index contributed by atoms with van der Waals surface area (Å²) in [5.41, 5.74) is 2.07. The van der Waals surface area contributed by atoms with Crippen LogP contribution in [0.5, 0.6) is 11.5 Å². The van der Waals surface area contributed by atoms with E-state index < -0.39 is 0 Å². The van der Waals surface area contributed by atoms with E-state index in [1.165, 1.54) is 5.69 Å². The quantitative estimate of drug-likeness (QED) is 0.839. The predicted octanol–water partition coefficient (Wildman–Crippen LogP) is 2.60. The van der Waals surface area contributed by atoms with Gasteiger partial charge >= 0.3 is 0 Å². The van der Waals surface area contributed by atoms with Gasteiger partial charge in [-0.15, -0.1) is 0 Å². The van der Waals surface area contributed by atoms with Gasteiger partial charge in [0, 0.05) is 37.4 Å². The van der Waals surface area contributed by atoms with Crippen LogP contribution in [-0.2, 0) is 11.2 Å². The van der Waals surface area contributed by atoms with Gasteiger partial charge in [-0.25, -0.2) is 0 Å². The molecule has 0 aliphatic carbocycles. The zero-order valence-corrected chi connectivity index (χ0v) is 14.8. The van der Waals surface area contributed by atoms with Crippen LogP contribution in [0.2, 0.25) is 0 Å². The van der Waals surface area contributed by atoms with Crippen molar-refractivity contribution in [2.45, 2.75) is 6.42 Å². The molecule has 0 bridgehead atoms. The standard InChI is InChI=1S/C20H24N2O3/c1-24-18-8-9-19(25-2)16(14-18)15-20(23)22-12-10-21(11-13-22)17-6-4-3-5-7-17/h3-9,14H,10-13,15H2,1-2H3. The third kappa shape index (κ3) is 4.05. The summed E-state index contributed by atoms with van der Waals surface area (Å²) in [5.74, 6) is 1.58. The van der Waals surface area contributed by atoms with Gasteiger partial charge in [-0.1, -0.05) is 18.2 Å². The van der Waals surface area contributed by atoms with Crippen LogP contribution in [0.4, 0.5) is 5.69 Å². The lowest BCUT2D eigenvalue weighted by atomic mass is 10.1. The lowest BCUT2D eigenvalue weighted by Crippen LogP contribution is -2.49. The highest BCUT2D eigenvalue weighted by Crippen LogP contribution is 2.25. The van der Waals surface area contributed by atoms with E-state index in [1.807, 2.05) is 41.3 Å². The molecular weight excluding hydrogens is 316 g/mol. The van der Waals surface area contributed by atoms with E-state index >= 15 is 0 Å². The summed E-state index contributed by atoms with van der Waals surface area (Å²) in [6, 6.07) is 15.9. The lowest BCUT2D eigenvalue weighted by Gasteiger charge is -2.36. The second-order valence-corrected chi connectivity index (χ2v) is 6.06. The highest BCUT2D eigenvalue weighted by Gasteiger charge is 2.22. The maximum absolute atomic E-state index is 12.7. The third-order valence-corrected chi connectivity index (χ3v) is 4.58. The molecular formula is C20H24N2O3. The molecule has 0 saturated carbocycles. The van der Waals surface area contributed by atoms with Crippen molar-refractivity contribution in [3.63, 3.8) is 0 Å². The first-order valence-electron chi connectivity index (χ1n) is 8.50. The maximum atomic E-state index is 12.7. The summed E-state index contributed by atoms with van der Waals surface area (Å²) in [6.45, 7) is 3.18. The summed E-state index contributed by atoms with van der Waals surface area (Å²) < 4.78 is 10.6. The molecule has 1 heterocycles. The fraction of sp³-hybridized carbons (Fsp3) is 0.350. The maximum Gasteiger partial charge on any atom is 0.227 e. The Bertz CT molecular complexity index is 710. The van der Waals surface area contributed by atoms with Crippen molar-refractivity contribution in [3.8, 4) is 11.5 Å². The Balaban J connectivity index is 1.62. The Morgan fingerprint density at radius 3 is 2.32 bits per heavy atom. The van der Waals surface area contributed by atoms with Crippen LogP contribution < -0.4 is 14.4 Å². The second-order valence-electron chi connectivity index (χ2n) is 6.06. The number of methoxy groups -OCH3 is 2. The number of benzene rings is 2. The smallest absolute Gasteiger partial charge is 0.227 e. The molecule has 1 fully saturated rings. The number of nitrogens with zero attached hydrogens (tertiary/aromatic N) is 2. The van der Waals surface area contributed by atoms with Crippen LogP contribution in [0.15, 0.2) is 48.5 Å². The lowest BCUT2D eigenvalue weighted by molar-refractivity contribution is -0.130. The molecule has 2 aromatic rings. The van der Waals surface area contributed by atoms with E-state index in [0.29, 0.717) is 6.42 Å². The summed E-state index contributed by atoms with van der Waals surface area (Å²) >= 11 is 0. The molecule has 25 heavy (non-hydrogen) atoms. The number of anilines is 1. The molecule has 0 spiro atoms. The minimum absolute atomic E-state index is 0.124. The highest BCUT2D eigenvalue weighted by molar-refractivity contribution is 5.80. The third-order valence-electron chi connectivity index (χ3n) is 4.58. The molecule has 2 aromatic carbocycles. The molecule has 0 N–H and O–H groups in total. The van der Waals surface area contributed by atoms with Crippen molar-refractivity contribution in [3.05, 3.63) is 54.1 Å². The van der Waals surface area contributed by atoms with E-state index in [1.54, 1.807) is 14.2 Å². The molecule has 1 amide bonds. The number of para-hydroxylation sites is 1. The van der Waals surface area contributed by atoms with Crippen molar-refractivity contribution >= 4 is 11.6 Å². The van der Waals surface area contributed by atoms with Crippen LogP contribution in [0.1, 0.15) is 5.56 Å². The SMILES string of the molecule is COc1ccc(OC)c(CC(=O)N2CCN(c3ccccc3)CC2)c1. The zero-order chi connectivity index (χ0) is 17.6. The summed E-state index contributed by atoms with van der Waals surface area (Å²) in [4.78, 5) is 16.9. The summed E-state index contributed by atoms with van der Waals surface area (Å²) in [6.07, 6.45) is 0.325. The van der Waals surface area contributed by atoms with Gasteiger partial charge in [0.15, 0.2) is 0 Å². The average molecular weight is 340 g/mol. The first kappa shape index (κ1) is 17.1. The number of piperazine rings is 1. The molecule has 1 saturated heterocycles. The van der Waals surface area contributed by atoms with E-state index in [9.17, 15) is 4.79 Å². The Morgan fingerprint density at radius 2 is 1.68 bits per heavy atom. The number of hydrogen-bond acceptors (Lipinski definition) is 4. The van der Waals surface area contributed by atoms with Gasteiger partial charge < -0.3 is 19.3 Å². The summed E-state index contributed by atoms with van der Waals surface area (Å²) in [5, 5.41) is 0. The number of rotatable bonds is 5. The van der Waals surface area contributed by atoms with Gasteiger partial charge in [0.1, 0.15) is 11.5 Å². The molecule has 0 radical (unpaired) electrons. The molecule has 0 aromatic heterocycles. The first-order valence-corrected chi connectivity index (χ1v) is 8.50. The van der Waals surface area contributed by atoms with Crippen molar-refractivity contribution in [2.24, 2.45) is 0 Å². The highest BCUT2D eigenvalue weighted by atomic mass is 16.5. The average Bonchev–Trinajstić information content (AvgIpc) is 2.68. The Morgan fingerprint density at radius 1 is 0.960 bits per heavy atom. The molecule has 5 nitrogen and oxygen atoms in total. The molecule has 5 heteroatoms. The van der Waals surface area contributed by atoms with Crippen LogP contribution in [0.25, 0.3) is 0 Å². The van der Waals surface area contributed by atoms with E-state index in [-0.39, 0.29) is 5.91 Å². The number of amides is 1. The number of ether oxygens (including phenoxy) is 2. The first-order chi connectivity index (χ1) is 12.2. The Hall–Kier alpha value is -2.69. The molecule has 1 aliphatic heterocycles. The van der Waals surface area contributed by atoms with Crippen LogP contribution in [-0.4, -0.2) is 51.2 Å². The van der Waals surface area contributed by atoms with Crippen molar-refractivity contribution in [2.75, 3.05) is 45.3 Å². The minimum atomic E-state index is 0.124. The molecule has 3 rings (SSSR count). The number of carbonyl (C=O) groups is 1. The monoisotopic (exact) mass is 340 g/mol. The van der Waals surface area contributed by atoms with Crippen molar-refractivity contribution < 1.29 is 14.3 Å². The van der Waals surface area contributed by atoms with Crippen LogP contribution in [0.3, 0.4) is 0 Å². The minimum Gasteiger partial charge on any atom is -0.497 e. The summed E-state index contributed by atoms with van der Waals surface area (Å²) in [7, 11) is 3.24. The number of carbonyl (C=O) groups excluding carboxylic acids is 1. The Kier molecular flexibility index (Phi) is 5.43. The van der Waals surface area contributed by atoms with Crippen molar-refractivity contribution in [1.82, 2.24) is 4.90 Å². The fourth-order valence-corrected chi connectivity index (χ4v) is 3.15. The van der Waals surface area contributed by atoms with Gasteiger partial charge in [0.25, 0.3) is 0 Å². The van der Waals surface area contributed by atoms with Gasteiger partial charge in [-0.2, -0.15) is 0 Å². The van der Waals surface area contributed by atoms with Gasteiger partial charge in [0.2, 0.25) is 5.91 Å². The largest absolute Gasteiger partial charge is 0.497 e. The Labute approximate surface area is 148 Å². The second kappa shape index (κ2) is 7.92. The van der Waals surface area contributed by atoms with E-state index in [2.05, 4.69) is 17.0 Å².